The number of benzene rings is 3. The van der Waals surface area contributed by atoms with Crippen LogP contribution in [0.2, 0.25) is 0 Å². The van der Waals surface area contributed by atoms with Crippen LogP contribution in [0.1, 0.15) is 5.56 Å². The Hall–Kier alpha value is -3.73. The highest BCUT2D eigenvalue weighted by atomic mass is 35.5. The first-order valence-electron chi connectivity index (χ1n) is 12.6. The molecule has 1 saturated heterocycles. The standard InChI is InChI=1S/C28H31N5O4S.ClH/c29-13-12-21-19-30-27-11-10-24(18-26(21)27)37-20-28(34)33-16-14-32(15-17-33)23-8-6-22(7-9-23)31-38(35,36)25-4-2-1-3-5-25;/h1-11,18-19,30-31H,12-17,20,29H2;1H. The molecule has 39 heavy (non-hydrogen) atoms. The van der Waals surface area contributed by atoms with Gasteiger partial charge in [-0.25, -0.2) is 8.42 Å². The zero-order valence-electron chi connectivity index (χ0n) is 21.4. The Morgan fingerprint density at radius 2 is 1.69 bits per heavy atom. The Morgan fingerprint density at radius 3 is 2.38 bits per heavy atom. The van der Waals surface area contributed by atoms with Crippen LogP contribution in [0.25, 0.3) is 10.9 Å². The van der Waals surface area contributed by atoms with Crippen molar-refractivity contribution in [3.05, 3.63) is 84.6 Å². The minimum atomic E-state index is -3.63. The summed E-state index contributed by atoms with van der Waals surface area (Å²) in [5.41, 5.74) is 9.33. The summed E-state index contributed by atoms with van der Waals surface area (Å²) < 4.78 is 33.5. The number of nitrogens with zero attached hydrogens (tertiary/aromatic N) is 2. The number of ether oxygens (including phenoxy) is 1. The molecule has 206 valence electrons. The van der Waals surface area contributed by atoms with Crippen LogP contribution in [0, 0.1) is 0 Å². The Morgan fingerprint density at radius 1 is 0.974 bits per heavy atom. The molecule has 5 rings (SSSR count). The number of aromatic amines is 1. The smallest absolute Gasteiger partial charge is 0.261 e. The van der Waals surface area contributed by atoms with E-state index in [0.29, 0.717) is 44.2 Å². The molecular formula is C28H32ClN5O4S. The van der Waals surface area contributed by atoms with E-state index in [1.807, 2.05) is 41.4 Å². The van der Waals surface area contributed by atoms with Gasteiger partial charge in [-0.05, 0) is 73.1 Å². The number of carbonyl (C=O) groups is 1. The molecule has 2 heterocycles. The molecule has 3 aromatic carbocycles. The van der Waals surface area contributed by atoms with Crippen molar-refractivity contribution in [1.82, 2.24) is 9.88 Å². The predicted molar refractivity (Wildman–Crippen MR) is 156 cm³/mol. The van der Waals surface area contributed by atoms with E-state index >= 15 is 0 Å². The van der Waals surface area contributed by atoms with Crippen molar-refractivity contribution in [2.75, 3.05) is 49.0 Å². The summed E-state index contributed by atoms with van der Waals surface area (Å²) in [5.74, 6) is 0.608. The molecule has 11 heteroatoms. The zero-order chi connectivity index (χ0) is 26.5. The number of hydrogen-bond donors (Lipinski definition) is 3. The van der Waals surface area contributed by atoms with Gasteiger partial charge in [0.1, 0.15) is 5.75 Å². The second kappa shape index (κ2) is 12.4. The molecule has 1 aliphatic heterocycles. The van der Waals surface area contributed by atoms with E-state index < -0.39 is 10.0 Å². The molecule has 4 aromatic rings. The maximum absolute atomic E-state index is 12.8. The van der Waals surface area contributed by atoms with Gasteiger partial charge >= 0.3 is 0 Å². The topological polar surface area (TPSA) is 121 Å². The molecule has 0 spiro atoms. The fourth-order valence-electron chi connectivity index (χ4n) is 4.61. The number of nitrogens with one attached hydrogen (secondary N) is 2. The lowest BCUT2D eigenvalue weighted by Crippen LogP contribution is -2.50. The average Bonchev–Trinajstić information content (AvgIpc) is 3.35. The van der Waals surface area contributed by atoms with Gasteiger partial charge in [0.15, 0.2) is 6.61 Å². The third-order valence-electron chi connectivity index (χ3n) is 6.69. The quantitative estimate of drug-likeness (QED) is 0.283. The first kappa shape index (κ1) is 28.3. The van der Waals surface area contributed by atoms with Gasteiger partial charge in [-0.15, -0.1) is 12.4 Å². The van der Waals surface area contributed by atoms with E-state index in [2.05, 4.69) is 14.6 Å². The molecule has 0 atom stereocenters. The van der Waals surface area contributed by atoms with Gasteiger partial charge in [0.05, 0.1) is 4.90 Å². The number of hydrogen-bond acceptors (Lipinski definition) is 6. The normalized spacial score (nSPS) is 13.7. The number of fused-ring (bicyclic) bond motifs is 1. The maximum atomic E-state index is 12.8. The molecule has 0 saturated carbocycles. The minimum Gasteiger partial charge on any atom is -0.484 e. The van der Waals surface area contributed by atoms with Crippen LogP contribution in [0.15, 0.2) is 83.9 Å². The van der Waals surface area contributed by atoms with E-state index in [9.17, 15) is 13.2 Å². The largest absolute Gasteiger partial charge is 0.484 e. The van der Waals surface area contributed by atoms with Crippen molar-refractivity contribution in [2.24, 2.45) is 5.73 Å². The molecule has 0 radical (unpaired) electrons. The number of amides is 1. The second-order valence-electron chi connectivity index (χ2n) is 9.18. The fraction of sp³-hybridized carbons (Fsp3) is 0.250. The number of halogens is 1. The number of H-pyrrole nitrogens is 1. The van der Waals surface area contributed by atoms with Crippen molar-refractivity contribution >= 4 is 50.6 Å². The molecule has 1 aliphatic rings. The van der Waals surface area contributed by atoms with Gasteiger partial charge in [-0.1, -0.05) is 18.2 Å². The highest BCUT2D eigenvalue weighted by Crippen LogP contribution is 2.25. The molecule has 9 nitrogen and oxygen atoms in total. The summed E-state index contributed by atoms with van der Waals surface area (Å²) in [4.78, 5) is 20.2. The van der Waals surface area contributed by atoms with Crippen molar-refractivity contribution in [3.63, 3.8) is 0 Å². The van der Waals surface area contributed by atoms with Crippen LogP contribution >= 0.6 is 12.4 Å². The van der Waals surface area contributed by atoms with Crippen LogP contribution < -0.4 is 20.1 Å². The minimum absolute atomic E-state index is 0. The highest BCUT2D eigenvalue weighted by molar-refractivity contribution is 7.92. The van der Waals surface area contributed by atoms with Crippen molar-refractivity contribution in [1.29, 1.82) is 0 Å². The Balaban J connectivity index is 0.00000353. The van der Waals surface area contributed by atoms with Crippen LogP contribution in [-0.4, -0.2) is 63.5 Å². The van der Waals surface area contributed by atoms with E-state index in [0.717, 1.165) is 28.6 Å². The summed E-state index contributed by atoms with van der Waals surface area (Å²) >= 11 is 0. The maximum Gasteiger partial charge on any atom is 0.261 e. The van der Waals surface area contributed by atoms with E-state index in [-0.39, 0.29) is 29.8 Å². The summed E-state index contributed by atoms with van der Waals surface area (Å²) in [5, 5.41) is 1.06. The number of anilines is 2. The molecule has 0 aliphatic carbocycles. The van der Waals surface area contributed by atoms with Crippen molar-refractivity contribution in [2.45, 2.75) is 11.3 Å². The molecule has 1 fully saturated rings. The van der Waals surface area contributed by atoms with E-state index in [1.165, 1.54) is 0 Å². The summed E-state index contributed by atoms with van der Waals surface area (Å²) in [6.45, 7) is 3.08. The van der Waals surface area contributed by atoms with Gasteiger partial charge in [0, 0.05) is 54.7 Å². The Labute approximate surface area is 234 Å². The lowest BCUT2D eigenvalue weighted by Gasteiger charge is -2.36. The number of aromatic nitrogens is 1. The number of sulfonamides is 1. The van der Waals surface area contributed by atoms with E-state index in [1.54, 1.807) is 42.5 Å². The Bertz CT molecular complexity index is 1500. The van der Waals surface area contributed by atoms with Gasteiger partial charge in [-0.3, -0.25) is 9.52 Å². The predicted octanol–water partition coefficient (Wildman–Crippen LogP) is 3.62. The second-order valence-corrected chi connectivity index (χ2v) is 10.9. The van der Waals surface area contributed by atoms with Crippen LogP contribution in [0.4, 0.5) is 11.4 Å². The molecule has 0 bridgehead atoms. The van der Waals surface area contributed by atoms with Crippen molar-refractivity contribution < 1.29 is 17.9 Å². The average molecular weight is 570 g/mol. The Kier molecular flexibility index (Phi) is 9.01. The number of nitrogens with two attached hydrogens (primary N) is 1. The van der Waals surface area contributed by atoms with Gasteiger partial charge in [-0.2, -0.15) is 0 Å². The van der Waals surface area contributed by atoms with Crippen LogP contribution in [0.5, 0.6) is 5.75 Å². The highest BCUT2D eigenvalue weighted by Gasteiger charge is 2.22. The molecular weight excluding hydrogens is 538 g/mol. The molecule has 1 amide bonds. The molecule has 1 aromatic heterocycles. The molecule has 0 unspecified atom stereocenters. The van der Waals surface area contributed by atoms with Crippen LogP contribution in [0.3, 0.4) is 0 Å². The van der Waals surface area contributed by atoms with Gasteiger partial charge in [0.2, 0.25) is 0 Å². The van der Waals surface area contributed by atoms with E-state index in [4.69, 9.17) is 10.5 Å². The van der Waals surface area contributed by atoms with Gasteiger partial charge < -0.3 is 25.3 Å². The lowest BCUT2D eigenvalue weighted by molar-refractivity contribution is -0.133. The molecule has 4 N–H and O–H groups in total. The monoisotopic (exact) mass is 569 g/mol. The van der Waals surface area contributed by atoms with Crippen molar-refractivity contribution in [3.8, 4) is 5.75 Å². The van der Waals surface area contributed by atoms with Gasteiger partial charge in [0.25, 0.3) is 15.9 Å². The number of carbonyl (C=O) groups excluding carboxylic acids is 1. The summed E-state index contributed by atoms with van der Waals surface area (Å²) in [6, 6.07) is 21.3. The fourth-order valence-corrected chi connectivity index (χ4v) is 5.69. The summed E-state index contributed by atoms with van der Waals surface area (Å²) in [7, 11) is -3.63. The van der Waals surface area contributed by atoms with Crippen LogP contribution in [-0.2, 0) is 21.2 Å². The third kappa shape index (κ3) is 6.65. The lowest BCUT2D eigenvalue weighted by atomic mass is 10.1. The number of piperazine rings is 1. The SMILES string of the molecule is Cl.NCCc1c[nH]c2ccc(OCC(=O)N3CCN(c4ccc(NS(=O)(=O)c5ccccc5)cc4)CC3)cc12. The number of rotatable bonds is 9. The first-order valence-corrected chi connectivity index (χ1v) is 14.0. The third-order valence-corrected chi connectivity index (χ3v) is 8.08. The summed E-state index contributed by atoms with van der Waals surface area (Å²) in [6.07, 6.45) is 2.74. The zero-order valence-corrected chi connectivity index (χ0v) is 23.0. The first-order chi connectivity index (χ1) is 18.4.